The van der Waals surface area contributed by atoms with Crippen LogP contribution < -0.4 is 15.4 Å². The van der Waals surface area contributed by atoms with Gasteiger partial charge in [0.05, 0.1) is 25.0 Å². The van der Waals surface area contributed by atoms with Crippen LogP contribution in [0.15, 0.2) is 42.5 Å². The summed E-state index contributed by atoms with van der Waals surface area (Å²) in [4.78, 5) is 25.8. The SMILES string of the molecule is COc1ccc(Cl)cc1NC(=O)CN(C)CCC(=O)Nc1ccccc1F. The minimum absolute atomic E-state index is 0.0721. The van der Waals surface area contributed by atoms with E-state index >= 15 is 0 Å². The van der Waals surface area contributed by atoms with E-state index in [1.165, 1.54) is 19.2 Å². The van der Waals surface area contributed by atoms with Crippen LogP contribution >= 0.6 is 11.6 Å². The Morgan fingerprint density at radius 2 is 1.81 bits per heavy atom. The van der Waals surface area contributed by atoms with Gasteiger partial charge >= 0.3 is 0 Å². The highest BCUT2D eigenvalue weighted by molar-refractivity contribution is 6.31. The summed E-state index contributed by atoms with van der Waals surface area (Å²) in [6.07, 6.45) is 0.124. The molecule has 27 heavy (non-hydrogen) atoms. The number of para-hydroxylation sites is 1. The number of methoxy groups -OCH3 is 1. The maximum atomic E-state index is 13.5. The molecule has 0 spiro atoms. The van der Waals surface area contributed by atoms with E-state index in [2.05, 4.69) is 10.6 Å². The highest BCUT2D eigenvalue weighted by Gasteiger charge is 2.12. The van der Waals surface area contributed by atoms with E-state index in [-0.39, 0.29) is 30.5 Å². The molecule has 0 saturated heterocycles. The van der Waals surface area contributed by atoms with Crippen molar-refractivity contribution in [3.8, 4) is 5.75 Å². The molecule has 0 bridgehead atoms. The molecule has 0 aliphatic heterocycles. The molecule has 0 heterocycles. The Balaban J connectivity index is 1.80. The average molecular weight is 394 g/mol. The Labute approximate surface area is 162 Å². The van der Waals surface area contributed by atoms with E-state index in [0.29, 0.717) is 23.0 Å². The number of ether oxygens (including phenoxy) is 1. The third-order valence-corrected chi connectivity index (χ3v) is 3.95. The van der Waals surface area contributed by atoms with E-state index < -0.39 is 5.82 Å². The molecular formula is C19H21ClFN3O3. The largest absolute Gasteiger partial charge is 0.495 e. The topological polar surface area (TPSA) is 70.7 Å². The zero-order chi connectivity index (χ0) is 19.8. The molecule has 0 saturated carbocycles. The Bertz CT molecular complexity index is 817. The van der Waals surface area contributed by atoms with E-state index in [1.54, 1.807) is 42.3 Å². The number of likely N-dealkylation sites (N-methyl/N-ethyl adjacent to an activating group) is 1. The number of carbonyl (C=O) groups is 2. The minimum Gasteiger partial charge on any atom is -0.495 e. The highest BCUT2D eigenvalue weighted by Crippen LogP contribution is 2.27. The third-order valence-electron chi connectivity index (χ3n) is 3.72. The van der Waals surface area contributed by atoms with Crippen molar-refractivity contribution in [1.82, 2.24) is 4.90 Å². The van der Waals surface area contributed by atoms with E-state index in [4.69, 9.17) is 16.3 Å². The number of rotatable bonds is 8. The number of anilines is 2. The fraction of sp³-hybridized carbons (Fsp3) is 0.263. The fourth-order valence-electron chi connectivity index (χ4n) is 2.36. The maximum absolute atomic E-state index is 13.5. The van der Waals surface area contributed by atoms with Crippen molar-refractivity contribution in [3.05, 3.63) is 53.3 Å². The average Bonchev–Trinajstić information content (AvgIpc) is 2.62. The molecule has 144 valence electrons. The molecule has 2 rings (SSSR count). The Morgan fingerprint density at radius 1 is 1.11 bits per heavy atom. The van der Waals surface area contributed by atoms with Crippen molar-refractivity contribution in [3.63, 3.8) is 0 Å². The van der Waals surface area contributed by atoms with Gasteiger partial charge in [-0.3, -0.25) is 14.5 Å². The Kier molecular flexibility index (Phi) is 7.57. The van der Waals surface area contributed by atoms with Gasteiger partial charge in [0.25, 0.3) is 0 Å². The summed E-state index contributed by atoms with van der Waals surface area (Å²) in [5, 5.41) is 5.71. The van der Waals surface area contributed by atoms with Crippen LogP contribution in [0.2, 0.25) is 5.02 Å². The summed E-state index contributed by atoms with van der Waals surface area (Å²) in [7, 11) is 3.21. The quantitative estimate of drug-likeness (QED) is 0.721. The minimum atomic E-state index is -0.492. The zero-order valence-electron chi connectivity index (χ0n) is 15.1. The lowest BCUT2D eigenvalue weighted by Gasteiger charge is -2.17. The van der Waals surface area contributed by atoms with Gasteiger partial charge in [0.15, 0.2) is 0 Å². The predicted molar refractivity (Wildman–Crippen MR) is 104 cm³/mol. The number of nitrogens with one attached hydrogen (secondary N) is 2. The second-order valence-corrected chi connectivity index (χ2v) is 6.35. The molecule has 2 amide bonds. The van der Waals surface area contributed by atoms with Crippen molar-refractivity contribution in [2.45, 2.75) is 6.42 Å². The van der Waals surface area contributed by atoms with Gasteiger partial charge in [-0.15, -0.1) is 0 Å². The van der Waals surface area contributed by atoms with Gasteiger partial charge < -0.3 is 15.4 Å². The summed E-state index contributed by atoms with van der Waals surface area (Å²) in [6.45, 7) is 0.406. The van der Waals surface area contributed by atoms with Gasteiger partial charge in [-0.2, -0.15) is 0 Å². The van der Waals surface area contributed by atoms with Gasteiger partial charge in [0, 0.05) is 18.0 Å². The first-order valence-electron chi connectivity index (χ1n) is 8.25. The van der Waals surface area contributed by atoms with E-state index in [9.17, 15) is 14.0 Å². The molecule has 0 radical (unpaired) electrons. The summed E-state index contributed by atoms with van der Waals surface area (Å²) < 4.78 is 18.7. The summed E-state index contributed by atoms with van der Waals surface area (Å²) in [6, 6.07) is 10.9. The number of amides is 2. The molecule has 0 atom stereocenters. The third kappa shape index (κ3) is 6.54. The number of benzene rings is 2. The predicted octanol–water partition coefficient (Wildman–Crippen LogP) is 3.39. The number of nitrogens with zero attached hydrogens (tertiary/aromatic N) is 1. The molecule has 0 unspecified atom stereocenters. The van der Waals surface area contributed by atoms with Crippen molar-refractivity contribution in [2.75, 3.05) is 37.9 Å². The van der Waals surface area contributed by atoms with Crippen molar-refractivity contribution < 1.29 is 18.7 Å². The summed E-state index contributed by atoms with van der Waals surface area (Å²) in [5.74, 6) is -0.592. The molecule has 0 aromatic heterocycles. The first-order valence-corrected chi connectivity index (χ1v) is 8.63. The molecule has 6 nitrogen and oxygen atoms in total. The van der Waals surface area contributed by atoms with Crippen molar-refractivity contribution in [1.29, 1.82) is 0 Å². The molecule has 2 aromatic carbocycles. The van der Waals surface area contributed by atoms with E-state index in [0.717, 1.165) is 0 Å². The molecule has 2 N–H and O–H groups in total. The number of carbonyl (C=O) groups excluding carboxylic acids is 2. The lowest BCUT2D eigenvalue weighted by molar-refractivity contribution is -0.119. The van der Waals surface area contributed by atoms with Gasteiger partial charge in [0.1, 0.15) is 11.6 Å². The Morgan fingerprint density at radius 3 is 2.52 bits per heavy atom. The Hall–Kier alpha value is -2.64. The van der Waals surface area contributed by atoms with Crippen LogP contribution in [0.1, 0.15) is 6.42 Å². The monoisotopic (exact) mass is 393 g/mol. The van der Waals surface area contributed by atoms with Gasteiger partial charge in [-0.25, -0.2) is 4.39 Å². The van der Waals surface area contributed by atoms with Crippen LogP contribution in [0.4, 0.5) is 15.8 Å². The van der Waals surface area contributed by atoms with E-state index in [1.807, 2.05) is 0 Å². The highest BCUT2D eigenvalue weighted by atomic mass is 35.5. The van der Waals surface area contributed by atoms with Crippen LogP contribution in [0.3, 0.4) is 0 Å². The molecule has 8 heteroatoms. The normalized spacial score (nSPS) is 10.6. The number of halogens is 2. The van der Waals surface area contributed by atoms with Gasteiger partial charge in [-0.05, 0) is 37.4 Å². The molecule has 0 aliphatic carbocycles. The molecular weight excluding hydrogens is 373 g/mol. The second-order valence-electron chi connectivity index (χ2n) is 5.91. The second kappa shape index (κ2) is 9.89. The number of hydrogen-bond acceptors (Lipinski definition) is 4. The summed E-state index contributed by atoms with van der Waals surface area (Å²) >= 11 is 5.94. The van der Waals surface area contributed by atoms with Gasteiger partial charge in [0.2, 0.25) is 11.8 Å². The van der Waals surface area contributed by atoms with Crippen molar-refractivity contribution >= 4 is 34.8 Å². The first kappa shape index (κ1) is 20.7. The van der Waals surface area contributed by atoms with Crippen LogP contribution in [-0.4, -0.2) is 44.0 Å². The van der Waals surface area contributed by atoms with Crippen LogP contribution in [-0.2, 0) is 9.59 Å². The molecule has 0 fully saturated rings. The number of hydrogen-bond donors (Lipinski definition) is 2. The molecule has 0 aliphatic rings. The standard InChI is InChI=1S/C19H21ClFN3O3/c1-24(10-9-18(25)22-15-6-4-3-5-14(15)21)12-19(26)23-16-11-13(20)7-8-17(16)27-2/h3-8,11H,9-10,12H2,1-2H3,(H,22,25)(H,23,26). The maximum Gasteiger partial charge on any atom is 0.238 e. The lowest BCUT2D eigenvalue weighted by Crippen LogP contribution is -2.32. The smallest absolute Gasteiger partial charge is 0.238 e. The van der Waals surface area contributed by atoms with Crippen molar-refractivity contribution in [2.24, 2.45) is 0 Å². The first-order chi connectivity index (χ1) is 12.9. The van der Waals surface area contributed by atoms with Crippen LogP contribution in [0.5, 0.6) is 5.75 Å². The zero-order valence-corrected chi connectivity index (χ0v) is 15.8. The molecule has 2 aromatic rings. The lowest BCUT2D eigenvalue weighted by atomic mass is 10.2. The van der Waals surface area contributed by atoms with Gasteiger partial charge in [-0.1, -0.05) is 23.7 Å². The summed E-state index contributed by atoms with van der Waals surface area (Å²) in [5.41, 5.74) is 0.608. The van der Waals surface area contributed by atoms with Crippen LogP contribution in [0, 0.1) is 5.82 Å². The fourth-order valence-corrected chi connectivity index (χ4v) is 2.53. The van der Waals surface area contributed by atoms with Crippen LogP contribution in [0.25, 0.3) is 0 Å².